The van der Waals surface area contributed by atoms with Crippen LogP contribution < -0.4 is 5.32 Å². The number of benzene rings is 1. The van der Waals surface area contributed by atoms with Gasteiger partial charge in [-0.2, -0.15) is 5.26 Å². The Balaban J connectivity index is 2.21. The van der Waals surface area contributed by atoms with Crippen LogP contribution in [0, 0.1) is 17.1 Å². The van der Waals surface area contributed by atoms with E-state index in [0.717, 1.165) is 0 Å². The van der Waals surface area contributed by atoms with E-state index in [0.29, 0.717) is 11.5 Å². The maximum Gasteiger partial charge on any atom is 0.145 e. The van der Waals surface area contributed by atoms with Crippen molar-refractivity contribution in [3.05, 3.63) is 48.2 Å². The van der Waals surface area contributed by atoms with E-state index in [1.54, 1.807) is 12.1 Å². The van der Waals surface area contributed by atoms with E-state index >= 15 is 0 Å². The maximum atomic E-state index is 12.6. The Kier molecular flexibility index (Phi) is 2.74. The molecule has 1 aromatic carbocycles. The number of hydrogen-bond donors (Lipinski definition) is 1. The fourth-order valence-corrected chi connectivity index (χ4v) is 1.17. The Morgan fingerprint density at radius 1 is 1.19 bits per heavy atom. The zero-order valence-electron chi connectivity index (χ0n) is 8.18. The lowest BCUT2D eigenvalue weighted by molar-refractivity contribution is 0.628. The lowest BCUT2D eigenvalue weighted by atomic mass is 10.3. The molecule has 4 nitrogen and oxygen atoms in total. The lowest BCUT2D eigenvalue weighted by Gasteiger charge is -2.04. The molecule has 0 saturated carbocycles. The van der Waals surface area contributed by atoms with Crippen LogP contribution in [0.4, 0.5) is 15.9 Å². The van der Waals surface area contributed by atoms with Crippen molar-refractivity contribution in [1.82, 2.24) is 9.97 Å². The quantitative estimate of drug-likeness (QED) is 0.832. The third kappa shape index (κ3) is 2.30. The molecule has 0 amide bonds. The molecule has 0 radical (unpaired) electrons. The van der Waals surface area contributed by atoms with Gasteiger partial charge in [0.2, 0.25) is 0 Å². The average Bonchev–Trinajstić information content (AvgIpc) is 2.32. The van der Waals surface area contributed by atoms with Crippen LogP contribution in [0.15, 0.2) is 36.7 Å². The summed E-state index contributed by atoms with van der Waals surface area (Å²) in [4.78, 5) is 7.68. The molecule has 5 heteroatoms. The summed E-state index contributed by atoms with van der Waals surface area (Å²) in [6, 6.07) is 9.29. The van der Waals surface area contributed by atoms with Gasteiger partial charge in [-0.1, -0.05) is 0 Å². The second-order valence-corrected chi connectivity index (χ2v) is 3.03. The van der Waals surface area contributed by atoms with Crippen LogP contribution in [-0.4, -0.2) is 9.97 Å². The first-order valence-electron chi connectivity index (χ1n) is 4.52. The Hall–Kier alpha value is -2.48. The summed E-state index contributed by atoms with van der Waals surface area (Å²) < 4.78 is 12.6. The minimum absolute atomic E-state index is 0.277. The molecule has 2 rings (SSSR count). The predicted octanol–water partition coefficient (Wildman–Crippen LogP) is 2.23. The smallest absolute Gasteiger partial charge is 0.145 e. The van der Waals surface area contributed by atoms with E-state index in [9.17, 15) is 4.39 Å². The van der Waals surface area contributed by atoms with Gasteiger partial charge in [-0.15, -0.1) is 0 Å². The number of nitrogens with one attached hydrogen (secondary N) is 1. The van der Waals surface area contributed by atoms with Crippen LogP contribution in [0.3, 0.4) is 0 Å². The van der Waals surface area contributed by atoms with Gasteiger partial charge in [0.15, 0.2) is 0 Å². The second-order valence-electron chi connectivity index (χ2n) is 3.03. The predicted molar refractivity (Wildman–Crippen MR) is 56.4 cm³/mol. The molecule has 0 spiro atoms. The summed E-state index contributed by atoms with van der Waals surface area (Å²) in [5.74, 6) is 0.198. The van der Waals surface area contributed by atoms with E-state index in [-0.39, 0.29) is 11.5 Å². The fraction of sp³-hybridized carbons (Fsp3) is 0. The van der Waals surface area contributed by atoms with Crippen molar-refractivity contribution in [2.75, 3.05) is 5.32 Å². The third-order valence-electron chi connectivity index (χ3n) is 1.90. The number of nitriles is 1. The van der Waals surface area contributed by atoms with E-state index in [2.05, 4.69) is 15.3 Å². The van der Waals surface area contributed by atoms with Gasteiger partial charge in [0.05, 0.1) is 0 Å². The molecule has 0 saturated heterocycles. The van der Waals surface area contributed by atoms with Crippen molar-refractivity contribution >= 4 is 11.5 Å². The molecule has 0 bridgehead atoms. The number of hydrogen-bond acceptors (Lipinski definition) is 4. The summed E-state index contributed by atoms with van der Waals surface area (Å²) in [7, 11) is 0. The summed E-state index contributed by atoms with van der Waals surface area (Å²) in [6.45, 7) is 0. The minimum atomic E-state index is -0.300. The highest BCUT2D eigenvalue weighted by molar-refractivity contribution is 5.56. The van der Waals surface area contributed by atoms with Gasteiger partial charge in [0, 0.05) is 11.8 Å². The topological polar surface area (TPSA) is 61.6 Å². The van der Waals surface area contributed by atoms with Crippen molar-refractivity contribution in [3.8, 4) is 6.07 Å². The number of anilines is 2. The molecule has 0 aliphatic carbocycles. The van der Waals surface area contributed by atoms with Gasteiger partial charge in [0.1, 0.15) is 29.7 Å². The lowest BCUT2D eigenvalue weighted by Crippen LogP contribution is -1.95. The van der Waals surface area contributed by atoms with E-state index in [4.69, 9.17) is 5.26 Å². The average molecular weight is 214 g/mol. The second kappa shape index (κ2) is 4.36. The van der Waals surface area contributed by atoms with Crippen molar-refractivity contribution < 1.29 is 4.39 Å². The summed E-state index contributed by atoms with van der Waals surface area (Å²) in [5.41, 5.74) is 0.976. The highest BCUT2D eigenvalue weighted by atomic mass is 19.1. The Morgan fingerprint density at radius 3 is 2.62 bits per heavy atom. The van der Waals surface area contributed by atoms with Crippen LogP contribution in [-0.2, 0) is 0 Å². The third-order valence-corrected chi connectivity index (χ3v) is 1.90. The van der Waals surface area contributed by atoms with Gasteiger partial charge in [-0.25, -0.2) is 14.4 Å². The molecule has 2 aromatic rings. The first kappa shape index (κ1) is 10.1. The normalized spacial score (nSPS) is 9.50. The highest BCUT2D eigenvalue weighted by Crippen LogP contribution is 2.14. The SMILES string of the molecule is N#Cc1cc(Nc2ccc(F)cc2)ncn1. The first-order chi connectivity index (χ1) is 7.78. The maximum absolute atomic E-state index is 12.6. The molecular formula is C11H7FN4. The first-order valence-corrected chi connectivity index (χ1v) is 4.52. The summed E-state index contributed by atoms with van der Waals surface area (Å²) in [5, 5.41) is 11.6. The molecule has 0 atom stereocenters. The monoisotopic (exact) mass is 214 g/mol. The molecule has 1 heterocycles. The zero-order chi connectivity index (χ0) is 11.4. The molecule has 1 aromatic heterocycles. The van der Waals surface area contributed by atoms with Crippen LogP contribution in [0.2, 0.25) is 0 Å². The molecule has 16 heavy (non-hydrogen) atoms. The van der Waals surface area contributed by atoms with Gasteiger partial charge in [0.25, 0.3) is 0 Å². The minimum Gasteiger partial charge on any atom is -0.340 e. The summed E-state index contributed by atoms with van der Waals surface area (Å²) >= 11 is 0. The van der Waals surface area contributed by atoms with Crippen molar-refractivity contribution in [1.29, 1.82) is 5.26 Å². The molecule has 1 N–H and O–H groups in total. The Labute approximate surface area is 91.4 Å². The van der Waals surface area contributed by atoms with Gasteiger partial charge < -0.3 is 5.32 Å². The van der Waals surface area contributed by atoms with Crippen molar-refractivity contribution in [3.63, 3.8) is 0 Å². The van der Waals surface area contributed by atoms with Gasteiger partial charge >= 0.3 is 0 Å². The molecule has 0 fully saturated rings. The standard InChI is InChI=1S/C11H7FN4/c12-8-1-3-9(4-2-8)16-11-5-10(6-13)14-7-15-11/h1-5,7H,(H,14,15,16). The highest BCUT2D eigenvalue weighted by Gasteiger charge is 1.98. The number of nitrogens with zero attached hydrogens (tertiary/aromatic N) is 3. The van der Waals surface area contributed by atoms with Crippen molar-refractivity contribution in [2.45, 2.75) is 0 Å². The van der Waals surface area contributed by atoms with E-state index < -0.39 is 0 Å². The fourth-order valence-electron chi connectivity index (χ4n) is 1.17. The largest absolute Gasteiger partial charge is 0.340 e. The Bertz CT molecular complexity index is 530. The Morgan fingerprint density at radius 2 is 1.94 bits per heavy atom. The van der Waals surface area contributed by atoms with Gasteiger partial charge in [-0.05, 0) is 24.3 Å². The number of aromatic nitrogens is 2. The van der Waals surface area contributed by atoms with Crippen LogP contribution in [0.5, 0.6) is 0 Å². The number of halogens is 1. The van der Waals surface area contributed by atoms with Crippen LogP contribution in [0.25, 0.3) is 0 Å². The van der Waals surface area contributed by atoms with Crippen LogP contribution >= 0.6 is 0 Å². The molecule has 0 aliphatic rings. The molecular weight excluding hydrogens is 207 g/mol. The zero-order valence-corrected chi connectivity index (χ0v) is 8.18. The number of rotatable bonds is 2. The van der Waals surface area contributed by atoms with Gasteiger partial charge in [-0.3, -0.25) is 0 Å². The molecule has 0 aliphatic heterocycles. The van der Waals surface area contributed by atoms with E-state index in [1.165, 1.54) is 24.5 Å². The molecule has 78 valence electrons. The van der Waals surface area contributed by atoms with Crippen LogP contribution in [0.1, 0.15) is 5.69 Å². The molecule has 0 unspecified atom stereocenters. The van der Waals surface area contributed by atoms with E-state index in [1.807, 2.05) is 6.07 Å². The summed E-state index contributed by atoms with van der Waals surface area (Å²) in [6.07, 6.45) is 1.30. The van der Waals surface area contributed by atoms with Crippen molar-refractivity contribution in [2.24, 2.45) is 0 Å².